The number of ether oxygens (including phenoxy) is 1. The van der Waals surface area contributed by atoms with Crippen LogP contribution in [0.25, 0.3) is 5.69 Å². The lowest BCUT2D eigenvalue weighted by molar-refractivity contribution is 0.426. The number of benzene rings is 2. The number of nitrogens with one attached hydrogen (secondary N) is 1. The molecule has 2 aromatic carbocycles. The largest absolute Gasteiger partial charge is 0.423 e. The first-order chi connectivity index (χ1) is 13.9. The SMILES string of the molecule is C1=C(CCNCc2cccc(Oc3nnnn3-c3ccccc3)c2)CCCC1.Cl. The number of halogens is 1. The summed E-state index contributed by atoms with van der Waals surface area (Å²) in [7, 11) is 0. The van der Waals surface area contributed by atoms with Gasteiger partial charge in [-0.15, -0.1) is 12.4 Å². The zero-order valence-corrected chi connectivity index (χ0v) is 17.1. The Bertz CT molecular complexity index is 926. The van der Waals surface area contributed by atoms with E-state index in [1.165, 1.54) is 31.2 Å². The van der Waals surface area contributed by atoms with Crippen LogP contribution in [0, 0.1) is 0 Å². The van der Waals surface area contributed by atoms with Gasteiger partial charge in [-0.2, -0.15) is 4.68 Å². The fourth-order valence-corrected chi connectivity index (χ4v) is 3.41. The number of allylic oxidation sites excluding steroid dienone is 1. The molecule has 0 atom stereocenters. The monoisotopic (exact) mass is 411 g/mol. The molecule has 152 valence electrons. The number of nitrogens with zero attached hydrogens (tertiary/aromatic N) is 4. The summed E-state index contributed by atoms with van der Waals surface area (Å²) in [5, 5.41) is 15.3. The topological polar surface area (TPSA) is 64.9 Å². The number of rotatable bonds is 8. The minimum Gasteiger partial charge on any atom is -0.423 e. The van der Waals surface area contributed by atoms with E-state index in [4.69, 9.17) is 4.74 Å². The van der Waals surface area contributed by atoms with Crippen LogP contribution in [-0.4, -0.2) is 26.8 Å². The Balaban J connectivity index is 0.00000240. The number of aromatic nitrogens is 4. The second-order valence-corrected chi connectivity index (χ2v) is 6.99. The van der Waals surface area contributed by atoms with Crippen molar-refractivity contribution in [1.82, 2.24) is 25.5 Å². The number of hydrogen-bond donors (Lipinski definition) is 1. The maximum Gasteiger partial charge on any atom is 0.345 e. The van der Waals surface area contributed by atoms with Crippen molar-refractivity contribution in [3.63, 3.8) is 0 Å². The highest BCUT2D eigenvalue weighted by atomic mass is 35.5. The van der Waals surface area contributed by atoms with Gasteiger partial charge in [0.25, 0.3) is 0 Å². The van der Waals surface area contributed by atoms with Gasteiger partial charge in [0.1, 0.15) is 5.75 Å². The summed E-state index contributed by atoms with van der Waals surface area (Å²) < 4.78 is 7.52. The van der Waals surface area contributed by atoms with Crippen molar-refractivity contribution in [2.75, 3.05) is 6.54 Å². The van der Waals surface area contributed by atoms with Crippen LogP contribution in [0.3, 0.4) is 0 Å². The summed E-state index contributed by atoms with van der Waals surface area (Å²) in [6.45, 7) is 1.82. The predicted octanol–water partition coefficient (Wildman–Crippen LogP) is 4.86. The summed E-state index contributed by atoms with van der Waals surface area (Å²) in [6.07, 6.45) is 8.75. The molecule has 1 aliphatic rings. The molecule has 0 aliphatic heterocycles. The van der Waals surface area contributed by atoms with Crippen LogP contribution in [-0.2, 0) is 6.54 Å². The average molecular weight is 412 g/mol. The minimum absolute atomic E-state index is 0. The van der Waals surface area contributed by atoms with E-state index in [9.17, 15) is 0 Å². The first-order valence-electron chi connectivity index (χ1n) is 9.88. The van der Waals surface area contributed by atoms with Crippen LogP contribution in [0.15, 0.2) is 66.2 Å². The molecule has 0 unspecified atom stereocenters. The fraction of sp³-hybridized carbons (Fsp3) is 0.318. The zero-order chi connectivity index (χ0) is 19.0. The maximum absolute atomic E-state index is 5.94. The molecule has 1 aromatic heterocycles. The second kappa shape index (κ2) is 10.7. The molecule has 0 spiro atoms. The zero-order valence-electron chi connectivity index (χ0n) is 16.3. The van der Waals surface area contributed by atoms with E-state index in [-0.39, 0.29) is 12.4 Å². The van der Waals surface area contributed by atoms with Gasteiger partial charge >= 0.3 is 6.01 Å². The molecule has 1 N–H and O–H groups in total. The van der Waals surface area contributed by atoms with Crippen molar-refractivity contribution in [3.8, 4) is 17.4 Å². The lowest BCUT2D eigenvalue weighted by Crippen LogP contribution is -2.15. The van der Waals surface area contributed by atoms with Crippen molar-refractivity contribution in [2.45, 2.75) is 38.6 Å². The lowest BCUT2D eigenvalue weighted by atomic mass is 9.97. The summed E-state index contributed by atoms with van der Waals surface area (Å²) in [5.41, 5.74) is 3.63. The normalized spacial score (nSPS) is 13.4. The van der Waals surface area contributed by atoms with E-state index in [1.54, 1.807) is 10.3 Å². The molecule has 0 saturated carbocycles. The first-order valence-corrected chi connectivity index (χ1v) is 9.88. The van der Waals surface area contributed by atoms with Gasteiger partial charge in [0.05, 0.1) is 5.69 Å². The van der Waals surface area contributed by atoms with Crippen LogP contribution in [0.5, 0.6) is 11.8 Å². The number of para-hydroxylation sites is 1. The Hall–Kier alpha value is -2.70. The molecule has 7 heteroatoms. The van der Waals surface area contributed by atoms with Gasteiger partial charge in [0, 0.05) is 6.54 Å². The van der Waals surface area contributed by atoms with Crippen LogP contribution in [0.4, 0.5) is 0 Å². The van der Waals surface area contributed by atoms with E-state index in [0.717, 1.165) is 30.9 Å². The standard InChI is InChI=1S/C22H25N5O.ClH/c1-3-8-18(9-4-1)14-15-23-17-19-10-7-13-21(16-19)28-22-24-25-26-27(22)20-11-5-2-6-12-20;/h2,5-8,10-13,16,23H,1,3-4,9,14-15,17H2;1H. The van der Waals surface area contributed by atoms with E-state index >= 15 is 0 Å². The Kier molecular flexibility index (Phi) is 7.78. The van der Waals surface area contributed by atoms with Gasteiger partial charge in [0.15, 0.2) is 0 Å². The number of hydrogen-bond acceptors (Lipinski definition) is 5. The highest BCUT2D eigenvalue weighted by Crippen LogP contribution is 2.22. The summed E-state index contributed by atoms with van der Waals surface area (Å²) in [6, 6.07) is 18.1. The average Bonchev–Trinajstić information content (AvgIpc) is 3.21. The molecular formula is C22H26ClN5O. The van der Waals surface area contributed by atoms with Gasteiger partial charge in [-0.1, -0.05) is 47.1 Å². The summed E-state index contributed by atoms with van der Waals surface area (Å²) in [4.78, 5) is 0. The van der Waals surface area contributed by atoms with Crippen molar-refractivity contribution in [2.24, 2.45) is 0 Å². The second-order valence-electron chi connectivity index (χ2n) is 6.99. The van der Waals surface area contributed by atoms with Crippen molar-refractivity contribution in [3.05, 3.63) is 71.8 Å². The Labute approximate surface area is 177 Å². The highest BCUT2D eigenvalue weighted by molar-refractivity contribution is 5.85. The molecule has 0 bridgehead atoms. The molecule has 3 aromatic rings. The van der Waals surface area contributed by atoms with Crippen molar-refractivity contribution >= 4 is 12.4 Å². The molecule has 0 saturated heterocycles. The molecule has 1 heterocycles. The van der Waals surface area contributed by atoms with E-state index < -0.39 is 0 Å². The van der Waals surface area contributed by atoms with Gasteiger partial charge in [-0.05, 0) is 78.9 Å². The molecule has 0 fully saturated rings. The Morgan fingerprint density at radius 2 is 1.93 bits per heavy atom. The van der Waals surface area contributed by atoms with Gasteiger partial charge in [-0.25, -0.2) is 0 Å². The van der Waals surface area contributed by atoms with Gasteiger partial charge in [0.2, 0.25) is 0 Å². The van der Waals surface area contributed by atoms with E-state index in [1.807, 2.05) is 48.5 Å². The third-order valence-electron chi connectivity index (χ3n) is 4.89. The molecule has 4 rings (SSSR count). The van der Waals surface area contributed by atoms with E-state index in [0.29, 0.717) is 6.01 Å². The quantitative estimate of drug-likeness (QED) is 0.423. The van der Waals surface area contributed by atoms with Gasteiger partial charge < -0.3 is 10.1 Å². The van der Waals surface area contributed by atoms with Crippen LogP contribution in [0.2, 0.25) is 0 Å². The number of tetrazole rings is 1. The highest BCUT2D eigenvalue weighted by Gasteiger charge is 2.10. The molecule has 1 aliphatic carbocycles. The van der Waals surface area contributed by atoms with Crippen LogP contribution in [0.1, 0.15) is 37.7 Å². The molecule has 29 heavy (non-hydrogen) atoms. The molecule has 6 nitrogen and oxygen atoms in total. The third-order valence-corrected chi connectivity index (χ3v) is 4.89. The van der Waals surface area contributed by atoms with Crippen LogP contribution < -0.4 is 10.1 Å². The molecule has 0 amide bonds. The summed E-state index contributed by atoms with van der Waals surface area (Å²) in [5.74, 6) is 0.723. The smallest absolute Gasteiger partial charge is 0.345 e. The summed E-state index contributed by atoms with van der Waals surface area (Å²) >= 11 is 0. The molecule has 0 radical (unpaired) electrons. The predicted molar refractivity (Wildman–Crippen MR) is 116 cm³/mol. The van der Waals surface area contributed by atoms with Gasteiger partial charge in [-0.3, -0.25) is 0 Å². The minimum atomic E-state index is 0. The van der Waals surface area contributed by atoms with Crippen molar-refractivity contribution < 1.29 is 4.74 Å². The first kappa shape index (κ1) is 21.0. The molecular weight excluding hydrogens is 386 g/mol. The van der Waals surface area contributed by atoms with Crippen LogP contribution >= 0.6 is 12.4 Å². The van der Waals surface area contributed by atoms with Crippen molar-refractivity contribution in [1.29, 1.82) is 0 Å². The fourth-order valence-electron chi connectivity index (χ4n) is 3.41. The Morgan fingerprint density at radius 3 is 2.76 bits per heavy atom. The Morgan fingerprint density at radius 1 is 1.03 bits per heavy atom. The lowest BCUT2D eigenvalue weighted by Gasteiger charge is -2.13. The third kappa shape index (κ3) is 5.89. The van der Waals surface area contributed by atoms with E-state index in [2.05, 4.69) is 33.0 Å². The maximum atomic E-state index is 5.94.